The maximum absolute atomic E-state index is 12.0. The molecule has 0 amide bonds. The predicted molar refractivity (Wildman–Crippen MR) is 45.6 cm³/mol. The molecule has 72 valence electrons. The highest BCUT2D eigenvalue weighted by Gasteiger charge is 2.28. The van der Waals surface area contributed by atoms with Gasteiger partial charge in [0.2, 0.25) is 0 Å². The third-order valence-corrected chi connectivity index (χ3v) is 1.75. The SMILES string of the molecule is Cc1cccc(C)c1NC(F)(F)F. The maximum atomic E-state index is 12.0. The zero-order valence-electron chi connectivity index (χ0n) is 7.37. The van der Waals surface area contributed by atoms with Gasteiger partial charge in [0.25, 0.3) is 0 Å². The fourth-order valence-corrected chi connectivity index (χ4v) is 1.15. The van der Waals surface area contributed by atoms with Crippen LogP contribution in [0.5, 0.6) is 0 Å². The normalized spacial score (nSPS) is 11.5. The van der Waals surface area contributed by atoms with Crippen LogP contribution in [0.15, 0.2) is 18.2 Å². The number of hydrogen-bond donors (Lipinski definition) is 1. The van der Waals surface area contributed by atoms with Crippen molar-refractivity contribution < 1.29 is 13.2 Å². The van der Waals surface area contributed by atoms with E-state index in [9.17, 15) is 13.2 Å². The third kappa shape index (κ3) is 2.65. The lowest BCUT2D eigenvalue weighted by Gasteiger charge is -2.14. The van der Waals surface area contributed by atoms with Crippen molar-refractivity contribution in [2.75, 3.05) is 5.32 Å². The molecule has 0 spiro atoms. The van der Waals surface area contributed by atoms with Crippen LogP contribution in [0.3, 0.4) is 0 Å². The van der Waals surface area contributed by atoms with Gasteiger partial charge in [-0.25, -0.2) is 0 Å². The molecule has 0 heterocycles. The van der Waals surface area contributed by atoms with Gasteiger partial charge in [-0.15, -0.1) is 0 Å². The van der Waals surface area contributed by atoms with Gasteiger partial charge in [0.05, 0.1) is 0 Å². The Kier molecular flexibility index (Phi) is 2.50. The predicted octanol–water partition coefficient (Wildman–Crippen LogP) is 3.24. The van der Waals surface area contributed by atoms with Gasteiger partial charge in [-0.3, -0.25) is 5.32 Å². The molecule has 1 nitrogen and oxygen atoms in total. The molecule has 0 aliphatic carbocycles. The van der Waals surface area contributed by atoms with Gasteiger partial charge >= 0.3 is 6.30 Å². The summed E-state index contributed by atoms with van der Waals surface area (Å²) in [6.07, 6.45) is -4.36. The van der Waals surface area contributed by atoms with Crippen LogP contribution in [0.2, 0.25) is 0 Å². The van der Waals surface area contributed by atoms with Crippen LogP contribution in [0.4, 0.5) is 18.9 Å². The summed E-state index contributed by atoms with van der Waals surface area (Å²) >= 11 is 0. The molecule has 0 saturated heterocycles. The smallest absolute Gasteiger partial charge is 0.297 e. The molecule has 1 aromatic rings. The van der Waals surface area contributed by atoms with Crippen molar-refractivity contribution in [2.24, 2.45) is 0 Å². The Bertz CT molecular complexity index is 284. The monoisotopic (exact) mass is 189 g/mol. The third-order valence-electron chi connectivity index (χ3n) is 1.75. The second kappa shape index (κ2) is 3.28. The van der Waals surface area contributed by atoms with E-state index in [0.29, 0.717) is 11.1 Å². The largest absolute Gasteiger partial charge is 0.482 e. The van der Waals surface area contributed by atoms with Crippen molar-refractivity contribution in [2.45, 2.75) is 20.1 Å². The van der Waals surface area contributed by atoms with Crippen LogP contribution >= 0.6 is 0 Å². The molecule has 0 radical (unpaired) electrons. The number of halogens is 3. The summed E-state index contributed by atoms with van der Waals surface area (Å²) in [5, 5.41) is 1.52. The van der Waals surface area contributed by atoms with Gasteiger partial charge in [-0.1, -0.05) is 18.2 Å². The van der Waals surface area contributed by atoms with Crippen molar-refractivity contribution in [1.82, 2.24) is 0 Å². The lowest BCUT2D eigenvalue weighted by molar-refractivity contribution is -0.1000. The molecule has 4 heteroatoms. The lowest BCUT2D eigenvalue weighted by Crippen LogP contribution is -2.21. The summed E-state index contributed by atoms with van der Waals surface area (Å²) in [4.78, 5) is 0. The Morgan fingerprint density at radius 3 is 1.92 bits per heavy atom. The number of para-hydroxylation sites is 1. The molecule has 0 unspecified atom stereocenters. The number of rotatable bonds is 1. The summed E-state index contributed by atoms with van der Waals surface area (Å²) in [7, 11) is 0. The highest BCUT2D eigenvalue weighted by molar-refractivity contribution is 5.56. The average molecular weight is 189 g/mol. The second-order valence-electron chi connectivity index (χ2n) is 2.89. The molecule has 13 heavy (non-hydrogen) atoms. The topological polar surface area (TPSA) is 12.0 Å². The van der Waals surface area contributed by atoms with E-state index >= 15 is 0 Å². The van der Waals surface area contributed by atoms with Crippen LogP contribution in [-0.2, 0) is 0 Å². The molecule has 0 aliphatic rings. The van der Waals surface area contributed by atoms with Gasteiger partial charge < -0.3 is 0 Å². The first-order valence-electron chi connectivity index (χ1n) is 3.81. The van der Waals surface area contributed by atoms with Crippen LogP contribution in [0.1, 0.15) is 11.1 Å². The average Bonchev–Trinajstić information content (AvgIpc) is 1.95. The summed E-state index contributed by atoms with van der Waals surface area (Å²) in [5.74, 6) is 0. The van der Waals surface area contributed by atoms with E-state index in [4.69, 9.17) is 0 Å². The fourth-order valence-electron chi connectivity index (χ4n) is 1.15. The quantitative estimate of drug-likeness (QED) is 0.669. The highest BCUT2D eigenvalue weighted by Crippen LogP contribution is 2.25. The Morgan fingerprint density at radius 2 is 1.54 bits per heavy atom. The van der Waals surface area contributed by atoms with Crippen LogP contribution in [0.25, 0.3) is 0 Å². The Labute approximate surface area is 74.6 Å². The second-order valence-corrected chi connectivity index (χ2v) is 2.89. The van der Waals surface area contributed by atoms with Crippen molar-refractivity contribution in [3.05, 3.63) is 29.3 Å². The van der Waals surface area contributed by atoms with E-state index in [1.54, 1.807) is 32.0 Å². The van der Waals surface area contributed by atoms with E-state index in [0.717, 1.165) is 0 Å². The Hall–Kier alpha value is -1.19. The summed E-state index contributed by atoms with van der Waals surface area (Å²) in [5.41, 5.74) is 1.34. The Morgan fingerprint density at radius 1 is 1.08 bits per heavy atom. The van der Waals surface area contributed by atoms with Gasteiger partial charge in [0, 0.05) is 5.69 Å². The molecular weight excluding hydrogens is 179 g/mol. The molecule has 1 rings (SSSR count). The first-order valence-corrected chi connectivity index (χ1v) is 3.81. The van der Waals surface area contributed by atoms with E-state index in [-0.39, 0.29) is 5.69 Å². The molecule has 0 saturated carbocycles. The number of nitrogens with one attached hydrogen (secondary N) is 1. The van der Waals surface area contributed by atoms with Gasteiger partial charge in [-0.05, 0) is 25.0 Å². The molecule has 1 aromatic carbocycles. The van der Waals surface area contributed by atoms with E-state index in [2.05, 4.69) is 0 Å². The molecule has 1 N–H and O–H groups in total. The van der Waals surface area contributed by atoms with Crippen molar-refractivity contribution in [1.29, 1.82) is 0 Å². The van der Waals surface area contributed by atoms with E-state index in [1.165, 1.54) is 5.32 Å². The fraction of sp³-hybridized carbons (Fsp3) is 0.333. The minimum absolute atomic E-state index is 0.148. The number of hydrogen-bond acceptors (Lipinski definition) is 1. The van der Waals surface area contributed by atoms with Gasteiger partial charge in [-0.2, -0.15) is 13.2 Å². The van der Waals surface area contributed by atoms with Crippen molar-refractivity contribution >= 4 is 5.69 Å². The highest BCUT2D eigenvalue weighted by atomic mass is 19.4. The zero-order chi connectivity index (χ0) is 10.1. The van der Waals surface area contributed by atoms with E-state index < -0.39 is 6.30 Å². The molecule has 0 atom stereocenters. The number of alkyl halides is 3. The van der Waals surface area contributed by atoms with Gasteiger partial charge in [0.1, 0.15) is 0 Å². The minimum atomic E-state index is -4.36. The summed E-state index contributed by atoms with van der Waals surface area (Å²) in [6, 6.07) is 5.01. The van der Waals surface area contributed by atoms with Gasteiger partial charge in [0.15, 0.2) is 0 Å². The minimum Gasteiger partial charge on any atom is -0.297 e. The summed E-state index contributed by atoms with van der Waals surface area (Å²) in [6.45, 7) is 3.28. The number of anilines is 1. The molecule has 0 aromatic heterocycles. The van der Waals surface area contributed by atoms with Crippen molar-refractivity contribution in [3.63, 3.8) is 0 Å². The summed E-state index contributed by atoms with van der Waals surface area (Å²) < 4.78 is 36.0. The number of aryl methyl sites for hydroxylation is 2. The Balaban J connectivity index is 3.00. The standard InChI is InChI=1S/C9H10F3N/c1-6-4-3-5-7(2)8(6)13-9(10,11)12/h3-5,13H,1-2H3. The van der Waals surface area contributed by atoms with Crippen molar-refractivity contribution in [3.8, 4) is 0 Å². The number of benzene rings is 1. The zero-order valence-corrected chi connectivity index (χ0v) is 7.37. The lowest BCUT2D eigenvalue weighted by atomic mass is 10.1. The van der Waals surface area contributed by atoms with Crippen LogP contribution < -0.4 is 5.32 Å². The molecule has 0 aliphatic heterocycles. The molecule has 0 bridgehead atoms. The van der Waals surface area contributed by atoms with E-state index in [1.807, 2.05) is 0 Å². The first kappa shape index (κ1) is 9.89. The maximum Gasteiger partial charge on any atom is 0.482 e. The van der Waals surface area contributed by atoms with Crippen LogP contribution in [-0.4, -0.2) is 6.30 Å². The van der Waals surface area contributed by atoms with Crippen LogP contribution in [0, 0.1) is 13.8 Å². The first-order chi connectivity index (χ1) is 5.90. The molecular formula is C9H10F3N. The molecule has 0 fully saturated rings.